The molecule has 0 N–H and O–H groups in total. The molecule has 0 spiro atoms. The van der Waals surface area contributed by atoms with Gasteiger partial charge in [0.2, 0.25) is 0 Å². The lowest BCUT2D eigenvalue weighted by Gasteiger charge is -2.25. The summed E-state index contributed by atoms with van der Waals surface area (Å²) in [5, 5.41) is 7.48. The number of hydrogen-bond donors (Lipinski definition) is 0. The molecule has 1 aromatic heterocycles. The van der Waals surface area contributed by atoms with E-state index in [1.54, 1.807) is 0 Å². The molecule has 2 aromatic carbocycles. The van der Waals surface area contributed by atoms with Gasteiger partial charge >= 0.3 is 0 Å². The molecule has 0 fully saturated rings. The first-order valence-corrected chi connectivity index (χ1v) is 11.1. The van der Waals surface area contributed by atoms with Crippen LogP contribution in [0.15, 0.2) is 107 Å². The van der Waals surface area contributed by atoms with Crippen molar-refractivity contribution in [2.45, 2.75) is 33.6 Å². The summed E-state index contributed by atoms with van der Waals surface area (Å²) in [6, 6.07) is 19.0. The summed E-state index contributed by atoms with van der Waals surface area (Å²) in [6.45, 7) is 10.3. The number of allylic oxidation sites excluding steroid dienone is 6. The van der Waals surface area contributed by atoms with Gasteiger partial charge < -0.3 is 0 Å². The molecule has 0 aliphatic heterocycles. The zero-order chi connectivity index (χ0) is 22.5. The Morgan fingerprint density at radius 2 is 1.84 bits per heavy atom. The monoisotopic (exact) mass is 419 g/mol. The number of aromatic nitrogens is 1. The minimum Gasteiger partial charge on any atom is -0.256 e. The highest BCUT2D eigenvalue weighted by atomic mass is 15.5. The number of benzene rings is 2. The van der Waals surface area contributed by atoms with Crippen molar-refractivity contribution < 1.29 is 0 Å². The van der Waals surface area contributed by atoms with Crippen molar-refractivity contribution in [3.8, 4) is 0 Å². The van der Waals surface area contributed by atoms with Crippen molar-refractivity contribution in [3.63, 3.8) is 0 Å². The van der Waals surface area contributed by atoms with Gasteiger partial charge in [0.15, 0.2) is 0 Å². The molecular formula is C29H29N3. The Bertz CT molecular complexity index is 1260. The van der Waals surface area contributed by atoms with E-state index in [0.29, 0.717) is 0 Å². The van der Waals surface area contributed by atoms with E-state index in [4.69, 9.17) is 0 Å². The Morgan fingerprint density at radius 1 is 1.03 bits per heavy atom. The van der Waals surface area contributed by atoms with E-state index < -0.39 is 0 Å². The van der Waals surface area contributed by atoms with Gasteiger partial charge in [0.05, 0.1) is 16.9 Å². The largest absolute Gasteiger partial charge is 0.256 e. The van der Waals surface area contributed by atoms with Gasteiger partial charge in [-0.25, -0.2) is 5.01 Å². The average molecular weight is 420 g/mol. The summed E-state index contributed by atoms with van der Waals surface area (Å²) in [6.07, 6.45) is 12.6. The fraction of sp³-hybridized carbons (Fsp3) is 0.172. The standard InChI is InChI=1S/C29H29N3/c1-5-22-14-17-26-27(20-22)31-19-18-28(26)32(30-4)29(21(2)3)25-13-9-12-24(15-16-25)23-10-7-6-8-11-23/h6-8,10-20H,4-5,9H2,1-3H3. The number of pyridine rings is 1. The topological polar surface area (TPSA) is 28.5 Å². The lowest BCUT2D eigenvalue weighted by molar-refractivity contribution is 0.997. The van der Waals surface area contributed by atoms with Crippen LogP contribution in [0.4, 0.5) is 5.69 Å². The van der Waals surface area contributed by atoms with Crippen LogP contribution < -0.4 is 5.01 Å². The van der Waals surface area contributed by atoms with E-state index in [0.717, 1.165) is 40.7 Å². The van der Waals surface area contributed by atoms with Crippen LogP contribution in [0, 0.1) is 0 Å². The Balaban J connectivity index is 1.75. The number of aryl methyl sites for hydroxylation is 1. The third kappa shape index (κ3) is 4.33. The molecule has 3 nitrogen and oxygen atoms in total. The first kappa shape index (κ1) is 21.5. The van der Waals surface area contributed by atoms with Crippen LogP contribution in [0.3, 0.4) is 0 Å². The predicted molar refractivity (Wildman–Crippen MR) is 138 cm³/mol. The van der Waals surface area contributed by atoms with E-state index >= 15 is 0 Å². The third-order valence-electron chi connectivity index (χ3n) is 5.75. The number of anilines is 1. The first-order valence-electron chi connectivity index (χ1n) is 11.1. The maximum Gasteiger partial charge on any atom is 0.0761 e. The van der Waals surface area contributed by atoms with Crippen LogP contribution in [0.1, 0.15) is 38.3 Å². The zero-order valence-electron chi connectivity index (χ0n) is 19.0. The van der Waals surface area contributed by atoms with Crippen LogP contribution in [-0.2, 0) is 6.42 Å². The lowest BCUT2D eigenvalue weighted by Crippen LogP contribution is -2.18. The Hall–Kier alpha value is -3.72. The van der Waals surface area contributed by atoms with Crippen LogP contribution in [0.25, 0.3) is 16.5 Å². The molecule has 0 saturated carbocycles. The van der Waals surface area contributed by atoms with Crippen LogP contribution in [0.5, 0.6) is 0 Å². The molecule has 4 rings (SSSR count). The van der Waals surface area contributed by atoms with Crippen LogP contribution in [-0.4, -0.2) is 11.7 Å². The van der Waals surface area contributed by atoms with Crippen molar-refractivity contribution >= 4 is 28.9 Å². The van der Waals surface area contributed by atoms with Crippen molar-refractivity contribution in [3.05, 3.63) is 113 Å². The molecule has 0 radical (unpaired) electrons. The molecule has 32 heavy (non-hydrogen) atoms. The summed E-state index contributed by atoms with van der Waals surface area (Å²) >= 11 is 0. The van der Waals surface area contributed by atoms with Crippen LogP contribution >= 0.6 is 0 Å². The molecule has 1 heterocycles. The molecule has 160 valence electrons. The van der Waals surface area contributed by atoms with Gasteiger partial charge in [-0.3, -0.25) is 4.98 Å². The SMILES string of the molecule is C=NN(C(C1=CCC=C(c2ccccc2)C=C1)=C(C)C)c1ccnc2cc(CC)ccc12. The Labute approximate surface area is 190 Å². The lowest BCUT2D eigenvalue weighted by atomic mass is 10.0. The second-order valence-electron chi connectivity index (χ2n) is 8.09. The van der Waals surface area contributed by atoms with Crippen LogP contribution in [0.2, 0.25) is 0 Å². The second kappa shape index (κ2) is 9.61. The van der Waals surface area contributed by atoms with Gasteiger partial charge in [0, 0.05) is 18.3 Å². The second-order valence-corrected chi connectivity index (χ2v) is 8.09. The minimum atomic E-state index is 0.852. The normalized spacial score (nSPS) is 13.2. The maximum atomic E-state index is 4.60. The molecule has 0 bridgehead atoms. The van der Waals surface area contributed by atoms with E-state index in [9.17, 15) is 0 Å². The van der Waals surface area contributed by atoms with Gasteiger partial charge in [-0.2, -0.15) is 5.10 Å². The molecule has 1 aliphatic carbocycles. The Morgan fingerprint density at radius 3 is 2.56 bits per heavy atom. The Kier molecular flexibility index (Phi) is 6.46. The highest BCUT2D eigenvalue weighted by molar-refractivity contribution is 5.93. The van der Waals surface area contributed by atoms with Gasteiger partial charge in [0.1, 0.15) is 0 Å². The minimum absolute atomic E-state index is 0.852. The third-order valence-corrected chi connectivity index (χ3v) is 5.75. The van der Waals surface area contributed by atoms with Gasteiger partial charge in [-0.05, 0) is 61.1 Å². The summed E-state index contributed by atoms with van der Waals surface area (Å²) in [7, 11) is 0. The summed E-state index contributed by atoms with van der Waals surface area (Å²) < 4.78 is 0. The number of hydrazone groups is 1. The van der Waals surface area contributed by atoms with Crippen molar-refractivity contribution in [1.82, 2.24) is 4.98 Å². The van der Waals surface area contributed by atoms with Gasteiger partial charge in [0.25, 0.3) is 0 Å². The van der Waals surface area contributed by atoms with Crippen molar-refractivity contribution in [1.29, 1.82) is 0 Å². The quantitative estimate of drug-likeness (QED) is 0.306. The number of nitrogens with zero attached hydrogens (tertiary/aromatic N) is 3. The van der Waals surface area contributed by atoms with Crippen molar-refractivity contribution in [2.75, 3.05) is 5.01 Å². The van der Waals surface area contributed by atoms with Gasteiger partial charge in [-0.15, -0.1) is 0 Å². The predicted octanol–water partition coefficient (Wildman–Crippen LogP) is 7.48. The highest BCUT2D eigenvalue weighted by Crippen LogP contribution is 2.34. The summed E-state index contributed by atoms with van der Waals surface area (Å²) in [5.74, 6) is 0. The molecule has 0 saturated heterocycles. The fourth-order valence-corrected chi connectivity index (χ4v) is 4.12. The summed E-state index contributed by atoms with van der Waals surface area (Å²) in [4.78, 5) is 4.60. The molecule has 3 aromatic rings. The summed E-state index contributed by atoms with van der Waals surface area (Å²) in [5.41, 5.74) is 9.04. The number of fused-ring (bicyclic) bond motifs is 1. The number of rotatable bonds is 6. The van der Waals surface area contributed by atoms with Crippen molar-refractivity contribution in [2.24, 2.45) is 5.10 Å². The number of hydrogen-bond acceptors (Lipinski definition) is 3. The molecule has 0 atom stereocenters. The molecular weight excluding hydrogens is 390 g/mol. The molecule has 0 amide bonds. The highest BCUT2D eigenvalue weighted by Gasteiger charge is 2.19. The van der Waals surface area contributed by atoms with E-state index in [1.165, 1.54) is 22.3 Å². The maximum absolute atomic E-state index is 4.60. The fourth-order valence-electron chi connectivity index (χ4n) is 4.12. The van der Waals surface area contributed by atoms with E-state index in [1.807, 2.05) is 23.3 Å². The first-order chi connectivity index (χ1) is 15.6. The average Bonchev–Trinajstić information content (AvgIpc) is 3.08. The molecule has 3 heteroatoms. The van der Waals surface area contributed by atoms with Gasteiger partial charge in [-0.1, -0.05) is 79.3 Å². The molecule has 1 aliphatic rings. The zero-order valence-corrected chi connectivity index (χ0v) is 19.0. The van der Waals surface area contributed by atoms with E-state index in [-0.39, 0.29) is 0 Å². The molecule has 0 unspecified atom stereocenters. The van der Waals surface area contributed by atoms with E-state index in [2.05, 4.69) is 104 Å². The smallest absolute Gasteiger partial charge is 0.0761 e.